The van der Waals surface area contributed by atoms with Crippen molar-refractivity contribution in [1.29, 1.82) is 0 Å². The molecule has 0 amide bonds. The number of ether oxygens (including phenoxy) is 2. The molecule has 1 unspecified atom stereocenters. The summed E-state index contributed by atoms with van der Waals surface area (Å²) in [6, 6.07) is 8.03. The third kappa shape index (κ3) is 6.03. The molecule has 1 rings (SSSR count). The summed E-state index contributed by atoms with van der Waals surface area (Å²) in [4.78, 5) is 0. The van der Waals surface area contributed by atoms with E-state index in [2.05, 4.69) is 33.0 Å². The quantitative estimate of drug-likeness (QED) is 0.843. The number of nitrogens with one attached hydrogen (secondary N) is 1. The number of hydrogen-bond acceptors (Lipinski definition) is 3. The van der Waals surface area contributed by atoms with Crippen molar-refractivity contribution in [2.24, 2.45) is 0 Å². The zero-order valence-corrected chi connectivity index (χ0v) is 12.1. The third-order valence-corrected chi connectivity index (χ3v) is 2.47. The Hall–Kier alpha value is -1.06. The van der Waals surface area contributed by atoms with Crippen LogP contribution >= 0.6 is 0 Å². The fourth-order valence-electron chi connectivity index (χ4n) is 1.60. The second-order valence-corrected chi connectivity index (χ2v) is 5.64. The molecule has 0 bridgehead atoms. The highest BCUT2D eigenvalue weighted by Crippen LogP contribution is 2.15. The number of benzene rings is 1. The van der Waals surface area contributed by atoms with Crippen LogP contribution < -0.4 is 10.1 Å². The molecular weight excluding hydrogens is 226 g/mol. The van der Waals surface area contributed by atoms with Crippen LogP contribution in [0.4, 0.5) is 0 Å². The molecule has 1 atom stereocenters. The molecule has 0 aliphatic heterocycles. The maximum atomic E-state index is 5.88. The molecule has 102 valence electrons. The van der Waals surface area contributed by atoms with Gasteiger partial charge >= 0.3 is 0 Å². The van der Waals surface area contributed by atoms with Gasteiger partial charge in [-0.3, -0.25) is 0 Å². The summed E-state index contributed by atoms with van der Waals surface area (Å²) < 4.78 is 11.0. The Balaban J connectivity index is 2.48. The van der Waals surface area contributed by atoms with E-state index in [1.165, 1.54) is 0 Å². The molecule has 0 heterocycles. The fraction of sp³-hybridized carbons (Fsp3) is 0.600. The number of methoxy groups -OCH3 is 1. The molecule has 0 aliphatic carbocycles. The van der Waals surface area contributed by atoms with Gasteiger partial charge in [0, 0.05) is 19.2 Å². The van der Waals surface area contributed by atoms with Crippen LogP contribution in [0, 0.1) is 0 Å². The first-order chi connectivity index (χ1) is 8.40. The lowest BCUT2D eigenvalue weighted by Crippen LogP contribution is -2.41. The maximum absolute atomic E-state index is 5.88. The van der Waals surface area contributed by atoms with E-state index in [0.717, 1.165) is 17.9 Å². The van der Waals surface area contributed by atoms with Gasteiger partial charge in [-0.2, -0.15) is 0 Å². The van der Waals surface area contributed by atoms with E-state index < -0.39 is 0 Å². The summed E-state index contributed by atoms with van der Waals surface area (Å²) in [5, 5.41) is 3.43. The van der Waals surface area contributed by atoms with Gasteiger partial charge in [0.25, 0.3) is 0 Å². The highest BCUT2D eigenvalue weighted by atomic mass is 16.5. The van der Waals surface area contributed by atoms with Crippen molar-refractivity contribution in [1.82, 2.24) is 5.32 Å². The lowest BCUT2D eigenvalue weighted by atomic mass is 10.1. The van der Waals surface area contributed by atoms with Gasteiger partial charge in [-0.25, -0.2) is 0 Å². The molecular formula is C15H25NO2. The number of rotatable bonds is 6. The predicted octanol–water partition coefficient (Wildman–Crippen LogP) is 2.99. The summed E-state index contributed by atoms with van der Waals surface area (Å²) >= 11 is 0. The lowest BCUT2D eigenvalue weighted by molar-refractivity contribution is 0.182. The topological polar surface area (TPSA) is 30.5 Å². The van der Waals surface area contributed by atoms with E-state index >= 15 is 0 Å². The first kappa shape index (κ1) is 15.0. The van der Waals surface area contributed by atoms with Crippen LogP contribution in [0.3, 0.4) is 0 Å². The third-order valence-electron chi connectivity index (χ3n) is 2.47. The van der Waals surface area contributed by atoms with Gasteiger partial charge in [0.1, 0.15) is 11.9 Å². The van der Waals surface area contributed by atoms with E-state index in [1.54, 1.807) is 7.11 Å². The molecule has 1 aromatic carbocycles. The van der Waals surface area contributed by atoms with Crippen LogP contribution in [0.15, 0.2) is 24.3 Å². The van der Waals surface area contributed by atoms with Gasteiger partial charge in [0.05, 0.1) is 6.61 Å². The summed E-state index contributed by atoms with van der Waals surface area (Å²) in [5.74, 6) is 0.896. The van der Waals surface area contributed by atoms with E-state index in [-0.39, 0.29) is 11.6 Å². The van der Waals surface area contributed by atoms with E-state index in [4.69, 9.17) is 9.47 Å². The van der Waals surface area contributed by atoms with Gasteiger partial charge in [-0.1, -0.05) is 12.1 Å². The predicted molar refractivity (Wildman–Crippen MR) is 75.0 cm³/mol. The normalized spacial score (nSPS) is 13.4. The molecule has 1 N–H and O–H groups in total. The van der Waals surface area contributed by atoms with E-state index in [9.17, 15) is 0 Å². The summed E-state index contributed by atoms with van der Waals surface area (Å²) in [5.41, 5.74) is 1.25. The molecule has 0 saturated heterocycles. The second-order valence-electron chi connectivity index (χ2n) is 5.64. The molecule has 18 heavy (non-hydrogen) atoms. The standard InChI is InChI=1S/C15H25NO2/c1-12(10-16-15(2,3)4)18-14-8-6-7-13(9-14)11-17-5/h6-9,12,16H,10-11H2,1-5H3. The average Bonchev–Trinajstić information content (AvgIpc) is 2.26. The largest absolute Gasteiger partial charge is 0.489 e. The molecule has 0 radical (unpaired) electrons. The van der Waals surface area contributed by atoms with Crippen LogP contribution in [-0.2, 0) is 11.3 Å². The molecule has 0 saturated carbocycles. The first-order valence-electron chi connectivity index (χ1n) is 6.40. The molecule has 3 nitrogen and oxygen atoms in total. The summed E-state index contributed by atoms with van der Waals surface area (Å²) in [7, 11) is 1.70. The Labute approximate surface area is 110 Å². The van der Waals surface area contributed by atoms with Crippen LogP contribution in [-0.4, -0.2) is 25.3 Å². The van der Waals surface area contributed by atoms with Gasteiger partial charge in [-0.15, -0.1) is 0 Å². The van der Waals surface area contributed by atoms with E-state index in [0.29, 0.717) is 6.61 Å². The Morgan fingerprint density at radius 2 is 2.00 bits per heavy atom. The average molecular weight is 251 g/mol. The van der Waals surface area contributed by atoms with Crippen molar-refractivity contribution in [3.8, 4) is 5.75 Å². The SMILES string of the molecule is COCc1cccc(OC(C)CNC(C)(C)C)c1. The molecule has 0 fully saturated rings. The van der Waals surface area contributed by atoms with Gasteiger partial charge in [0.2, 0.25) is 0 Å². The van der Waals surface area contributed by atoms with Crippen molar-refractivity contribution in [3.05, 3.63) is 29.8 Å². The minimum absolute atomic E-state index is 0.121. The molecule has 0 spiro atoms. The highest BCUT2D eigenvalue weighted by molar-refractivity contribution is 5.28. The monoisotopic (exact) mass is 251 g/mol. The van der Waals surface area contributed by atoms with Crippen LogP contribution in [0.5, 0.6) is 5.75 Å². The zero-order chi connectivity index (χ0) is 13.6. The second kappa shape index (κ2) is 6.76. The zero-order valence-electron chi connectivity index (χ0n) is 12.1. The van der Waals surface area contributed by atoms with Crippen LogP contribution in [0.1, 0.15) is 33.3 Å². The van der Waals surface area contributed by atoms with Crippen LogP contribution in [0.2, 0.25) is 0 Å². The Morgan fingerprint density at radius 3 is 2.61 bits per heavy atom. The lowest BCUT2D eigenvalue weighted by Gasteiger charge is -2.24. The Bertz CT molecular complexity index is 358. The van der Waals surface area contributed by atoms with E-state index in [1.807, 2.05) is 24.3 Å². The minimum atomic E-state index is 0.121. The number of hydrogen-bond donors (Lipinski definition) is 1. The highest BCUT2D eigenvalue weighted by Gasteiger charge is 2.11. The summed E-state index contributed by atoms with van der Waals surface area (Å²) in [6.45, 7) is 9.97. The van der Waals surface area contributed by atoms with Gasteiger partial charge < -0.3 is 14.8 Å². The first-order valence-corrected chi connectivity index (χ1v) is 6.40. The smallest absolute Gasteiger partial charge is 0.120 e. The van der Waals surface area contributed by atoms with Crippen LogP contribution in [0.25, 0.3) is 0 Å². The summed E-state index contributed by atoms with van der Waals surface area (Å²) in [6.07, 6.45) is 0.141. The fourth-order valence-corrected chi connectivity index (χ4v) is 1.60. The van der Waals surface area contributed by atoms with Crippen molar-refractivity contribution in [2.45, 2.75) is 45.9 Å². The van der Waals surface area contributed by atoms with Crippen molar-refractivity contribution in [3.63, 3.8) is 0 Å². The molecule has 0 aliphatic rings. The molecule has 0 aromatic heterocycles. The molecule has 3 heteroatoms. The van der Waals surface area contributed by atoms with Crippen molar-refractivity contribution >= 4 is 0 Å². The van der Waals surface area contributed by atoms with Crippen molar-refractivity contribution in [2.75, 3.05) is 13.7 Å². The van der Waals surface area contributed by atoms with Gasteiger partial charge in [0.15, 0.2) is 0 Å². The van der Waals surface area contributed by atoms with Gasteiger partial charge in [-0.05, 0) is 45.4 Å². The van der Waals surface area contributed by atoms with Crippen molar-refractivity contribution < 1.29 is 9.47 Å². The Morgan fingerprint density at radius 1 is 1.28 bits per heavy atom. The Kier molecular flexibility index (Phi) is 5.63. The maximum Gasteiger partial charge on any atom is 0.120 e. The molecule has 1 aromatic rings. The minimum Gasteiger partial charge on any atom is -0.489 e.